The second-order valence-corrected chi connectivity index (χ2v) is 9.52. The molecule has 0 radical (unpaired) electrons. The highest BCUT2D eigenvalue weighted by Gasteiger charge is 2.40. The Bertz CT molecular complexity index is 1080. The highest BCUT2D eigenvalue weighted by molar-refractivity contribution is 7.99. The minimum Gasteiger partial charge on any atom is -0.497 e. The molecule has 2 aromatic rings. The fourth-order valence-corrected chi connectivity index (χ4v) is 5.56. The SMILES string of the molecule is COc1ccc(-c2ccc3c(c2)C(=O)N2CCC(NC(=O)C4CSCN4)CC2C(=O)N3)cc1. The minimum atomic E-state index is -0.612. The number of thioether (sulfide) groups is 1. The Labute approximate surface area is 196 Å². The molecule has 3 aliphatic heterocycles. The Hall–Kier alpha value is -3.04. The monoisotopic (exact) mass is 466 g/mol. The summed E-state index contributed by atoms with van der Waals surface area (Å²) in [5.74, 6) is 1.87. The lowest BCUT2D eigenvalue weighted by Gasteiger charge is -2.37. The summed E-state index contributed by atoms with van der Waals surface area (Å²) in [5.41, 5.74) is 2.85. The van der Waals surface area contributed by atoms with Crippen molar-refractivity contribution in [2.75, 3.05) is 30.6 Å². The molecule has 2 fully saturated rings. The Morgan fingerprint density at radius 3 is 2.67 bits per heavy atom. The molecular formula is C24H26N4O4S. The van der Waals surface area contributed by atoms with Crippen molar-refractivity contribution in [3.63, 3.8) is 0 Å². The Kier molecular flexibility index (Phi) is 5.99. The zero-order valence-electron chi connectivity index (χ0n) is 18.3. The maximum absolute atomic E-state index is 13.5. The first kappa shape index (κ1) is 21.8. The molecule has 2 aromatic carbocycles. The van der Waals surface area contributed by atoms with Gasteiger partial charge in [0.25, 0.3) is 5.91 Å². The molecule has 2 saturated heterocycles. The number of piperidine rings is 1. The number of fused-ring (bicyclic) bond motifs is 2. The van der Waals surface area contributed by atoms with Crippen LogP contribution in [0.4, 0.5) is 5.69 Å². The van der Waals surface area contributed by atoms with Crippen LogP contribution in [-0.4, -0.2) is 66.0 Å². The van der Waals surface area contributed by atoms with E-state index in [1.54, 1.807) is 29.8 Å². The normalized spacial score (nSPS) is 24.4. The van der Waals surface area contributed by atoms with Gasteiger partial charge in [0, 0.05) is 24.2 Å². The van der Waals surface area contributed by atoms with Gasteiger partial charge < -0.3 is 20.3 Å². The van der Waals surface area contributed by atoms with Crippen molar-refractivity contribution >= 4 is 35.2 Å². The van der Waals surface area contributed by atoms with Gasteiger partial charge in [0.2, 0.25) is 11.8 Å². The summed E-state index contributed by atoms with van der Waals surface area (Å²) in [5, 5.41) is 9.16. The maximum Gasteiger partial charge on any atom is 0.256 e. The standard InChI is InChI=1S/C24H26N4O4S/c1-32-17-5-2-14(3-6-17)15-4-7-19-18(10-15)24(31)28-9-8-16(11-21(28)23(30)27-19)26-22(29)20-12-33-13-25-20/h2-7,10,16,20-21,25H,8-9,11-13H2,1H3,(H,26,29)(H,27,30). The molecule has 9 heteroatoms. The molecule has 0 bridgehead atoms. The molecule has 3 unspecified atom stereocenters. The number of amides is 3. The van der Waals surface area contributed by atoms with E-state index in [1.807, 2.05) is 36.4 Å². The van der Waals surface area contributed by atoms with Gasteiger partial charge in [-0.15, -0.1) is 11.8 Å². The van der Waals surface area contributed by atoms with Gasteiger partial charge in [0.15, 0.2) is 0 Å². The summed E-state index contributed by atoms with van der Waals surface area (Å²) in [6, 6.07) is 12.2. The van der Waals surface area contributed by atoms with Gasteiger partial charge in [0.05, 0.1) is 24.4 Å². The molecule has 8 nitrogen and oxygen atoms in total. The van der Waals surface area contributed by atoms with Crippen LogP contribution in [0.1, 0.15) is 23.2 Å². The summed E-state index contributed by atoms with van der Waals surface area (Å²) in [7, 11) is 1.62. The van der Waals surface area contributed by atoms with Crippen LogP contribution in [-0.2, 0) is 9.59 Å². The topological polar surface area (TPSA) is 99.8 Å². The number of anilines is 1. The third-order valence-corrected chi connectivity index (χ3v) is 7.42. The first-order valence-electron chi connectivity index (χ1n) is 11.1. The number of ether oxygens (including phenoxy) is 1. The average molecular weight is 467 g/mol. The molecule has 3 N–H and O–H groups in total. The van der Waals surface area contributed by atoms with Crippen LogP contribution in [0.25, 0.3) is 11.1 Å². The van der Waals surface area contributed by atoms with Crippen LogP contribution in [0.3, 0.4) is 0 Å². The third kappa shape index (κ3) is 4.30. The van der Waals surface area contributed by atoms with E-state index in [4.69, 9.17) is 4.74 Å². The quantitative estimate of drug-likeness (QED) is 0.638. The number of carbonyl (C=O) groups is 3. The van der Waals surface area contributed by atoms with E-state index in [1.165, 1.54) is 0 Å². The van der Waals surface area contributed by atoms with Crippen molar-refractivity contribution < 1.29 is 19.1 Å². The van der Waals surface area contributed by atoms with Crippen LogP contribution in [0.5, 0.6) is 5.75 Å². The minimum absolute atomic E-state index is 0.0359. The van der Waals surface area contributed by atoms with Crippen LogP contribution in [0.2, 0.25) is 0 Å². The Balaban J connectivity index is 1.35. The molecule has 0 saturated carbocycles. The van der Waals surface area contributed by atoms with E-state index in [0.717, 1.165) is 28.5 Å². The number of hydrogen-bond acceptors (Lipinski definition) is 6. The third-order valence-electron chi connectivity index (χ3n) is 6.48. The van der Waals surface area contributed by atoms with E-state index in [9.17, 15) is 14.4 Å². The molecular weight excluding hydrogens is 440 g/mol. The predicted octanol–water partition coefficient (Wildman–Crippen LogP) is 2.07. The fourth-order valence-electron chi connectivity index (χ4n) is 4.62. The van der Waals surface area contributed by atoms with Gasteiger partial charge in [-0.3, -0.25) is 19.7 Å². The molecule has 3 aliphatic rings. The van der Waals surface area contributed by atoms with E-state index >= 15 is 0 Å². The zero-order chi connectivity index (χ0) is 22.9. The van der Waals surface area contributed by atoms with E-state index < -0.39 is 6.04 Å². The van der Waals surface area contributed by atoms with Gasteiger partial charge in [-0.1, -0.05) is 18.2 Å². The van der Waals surface area contributed by atoms with Crippen LogP contribution in [0, 0.1) is 0 Å². The highest BCUT2D eigenvalue weighted by atomic mass is 32.2. The molecule has 3 amide bonds. The molecule has 0 aliphatic carbocycles. The van der Waals surface area contributed by atoms with Gasteiger partial charge in [-0.05, 0) is 48.2 Å². The largest absolute Gasteiger partial charge is 0.497 e. The maximum atomic E-state index is 13.5. The van der Waals surface area contributed by atoms with Crippen LogP contribution >= 0.6 is 11.8 Å². The predicted molar refractivity (Wildman–Crippen MR) is 127 cm³/mol. The van der Waals surface area contributed by atoms with Crippen molar-refractivity contribution in [2.24, 2.45) is 0 Å². The number of nitrogens with one attached hydrogen (secondary N) is 3. The van der Waals surface area contributed by atoms with E-state index in [-0.39, 0.29) is 29.8 Å². The summed E-state index contributed by atoms with van der Waals surface area (Å²) in [6.45, 7) is 0.418. The van der Waals surface area contributed by atoms with Gasteiger partial charge in [-0.25, -0.2) is 0 Å². The van der Waals surface area contributed by atoms with Crippen molar-refractivity contribution in [1.82, 2.24) is 15.5 Å². The van der Waals surface area contributed by atoms with Crippen molar-refractivity contribution in [3.8, 4) is 16.9 Å². The number of benzene rings is 2. The number of hydrogen-bond donors (Lipinski definition) is 3. The first-order chi connectivity index (χ1) is 16.0. The highest BCUT2D eigenvalue weighted by Crippen LogP contribution is 2.32. The van der Waals surface area contributed by atoms with Crippen molar-refractivity contribution in [2.45, 2.75) is 31.0 Å². The molecule has 172 valence electrons. The second-order valence-electron chi connectivity index (χ2n) is 8.49. The lowest BCUT2D eigenvalue weighted by Crippen LogP contribution is -2.56. The molecule has 33 heavy (non-hydrogen) atoms. The van der Waals surface area contributed by atoms with E-state index in [0.29, 0.717) is 30.6 Å². The first-order valence-corrected chi connectivity index (χ1v) is 12.2. The fraction of sp³-hybridized carbons (Fsp3) is 0.375. The summed E-state index contributed by atoms with van der Waals surface area (Å²) in [4.78, 5) is 40.6. The molecule has 0 aromatic heterocycles. The van der Waals surface area contributed by atoms with Crippen molar-refractivity contribution in [3.05, 3.63) is 48.0 Å². The van der Waals surface area contributed by atoms with Gasteiger partial charge in [-0.2, -0.15) is 0 Å². The molecule has 0 spiro atoms. The smallest absolute Gasteiger partial charge is 0.256 e. The van der Waals surface area contributed by atoms with Crippen LogP contribution in [0.15, 0.2) is 42.5 Å². The summed E-state index contributed by atoms with van der Waals surface area (Å²) in [6.07, 6.45) is 1.02. The Morgan fingerprint density at radius 1 is 1.15 bits per heavy atom. The molecule has 3 atom stereocenters. The second kappa shape index (κ2) is 9.07. The summed E-state index contributed by atoms with van der Waals surface area (Å²) >= 11 is 1.69. The van der Waals surface area contributed by atoms with Crippen molar-refractivity contribution in [1.29, 1.82) is 0 Å². The number of rotatable bonds is 4. The lowest BCUT2D eigenvalue weighted by atomic mass is 9.95. The number of methoxy groups -OCH3 is 1. The molecule has 5 rings (SSSR count). The van der Waals surface area contributed by atoms with Gasteiger partial charge in [0.1, 0.15) is 11.8 Å². The number of nitrogens with zero attached hydrogens (tertiary/aromatic N) is 1. The lowest BCUT2D eigenvalue weighted by molar-refractivity contribution is -0.125. The van der Waals surface area contributed by atoms with Crippen LogP contribution < -0.4 is 20.7 Å². The van der Waals surface area contributed by atoms with E-state index in [2.05, 4.69) is 16.0 Å². The Morgan fingerprint density at radius 2 is 1.94 bits per heavy atom. The number of carbonyl (C=O) groups excluding carboxylic acids is 3. The van der Waals surface area contributed by atoms with Gasteiger partial charge >= 0.3 is 0 Å². The molecule has 3 heterocycles. The average Bonchev–Trinajstić information content (AvgIpc) is 3.36. The summed E-state index contributed by atoms with van der Waals surface area (Å²) < 4.78 is 5.22. The zero-order valence-corrected chi connectivity index (χ0v) is 19.1.